The maximum atomic E-state index is 11.4. The van der Waals surface area contributed by atoms with Gasteiger partial charge in [0.25, 0.3) is 0 Å². The Bertz CT molecular complexity index is 434. The molecule has 2 rings (SSSR count). The summed E-state index contributed by atoms with van der Waals surface area (Å²) in [5, 5.41) is 9.10. The highest BCUT2D eigenvalue weighted by atomic mass is 16.5. The Balaban J connectivity index is 1.88. The normalized spacial score (nSPS) is 15.2. The van der Waals surface area contributed by atoms with Gasteiger partial charge in [0.1, 0.15) is 12.4 Å². The maximum absolute atomic E-state index is 11.4. The molecule has 0 aromatic carbocycles. The number of nitrogens with zero attached hydrogens (tertiary/aromatic N) is 2. The predicted octanol–water partition coefficient (Wildman–Crippen LogP) is 0.884. The molecule has 0 spiro atoms. The molecule has 1 aromatic rings. The van der Waals surface area contributed by atoms with E-state index in [0.717, 1.165) is 24.3 Å². The molecule has 98 valence electrons. The molecule has 1 aliphatic rings. The fourth-order valence-electron chi connectivity index (χ4n) is 2.08. The van der Waals surface area contributed by atoms with Crippen molar-refractivity contribution in [2.24, 2.45) is 0 Å². The Hall–Kier alpha value is -1.62. The second-order valence-corrected chi connectivity index (χ2v) is 4.37. The van der Waals surface area contributed by atoms with Crippen molar-refractivity contribution in [3.63, 3.8) is 0 Å². The third-order valence-corrected chi connectivity index (χ3v) is 3.20. The van der Waals surface area contributed by atoms with Crippen molar-refractivity contribution in [2.45, 2.75) is 26.4 Å². The first-order chi connectivity index (χ1) is 8.72. The van der Waals surface area contributed by atoms with Crippen LogP contribution in [0.5, 0.6) is 5.75 Å². The first-order valence-electron chi connectivity index (χ1n) is 6.18. The monoisotopic (exact) mass is 250 g/mol. The van der Waals surface area contributed by atoms with Crippen LogP contribution < -0.4 is 4.74 Å². The zero-order valence-electron chi connectivity index (χ0n) is 10.6. The van der Waals surface area contributed by atoms with Gasteiger partial charge in [-0.15, -0.1) is 0 Å². The van der Waals surface area contributed by atoms with Crippen LogP contribution in [0, 0.1) is 6.92 Å². The third kappa shape index (κ3) is 2.79. The fourth-order valence-corrected chi connectivity index (χ4v) is 2.08. The number of rotatable bonds is 5. The van der Waals surface area contributed by atoms with Crippen LogP contribution in [-0.2, 0) is 11.4 Å². The Morgan fingerprint density at radius 3 is 3.06 bits per heavy atom. The number of likely N-dealkylation sites (tertiary alicyclic amines) is 1. The van der Waals surface area contributed by atoms with Gasteiger partial charge in [-0.2, -0.15) is 0 Å². The van der Waals surface area contributed by atoms with Crippen LogP contribution in [0.2, 0.25) is 0 Å². The topological polar surface area (TPSA) is 62.7 Å². The Morgan fingerprint density at radius 1 is 1.56 bits per heavy atom. The highest BCUT2D eigenvalue weighted by molar-refractivity contribution is 5.78. The van der Waals surface area contributed by atoms with Crippen LogP contribution in [0.25, 0.3) is 0 Å². The first-order valence-corrected chi connectivity index (χ1v) is 6.18. The SMILES string of the molecule is Cc1c(OCCN2CCCC2=O)ccnc1CO. The van der Waals surface area contributed by atoms with Crippen molar-refractivity contribution < 1.29 is 14.6 Å². The molecule has 0 atom stereocenters. The van der Waals surface area contributed by atoms with E-state index >= 15 is 0 Å². The summed E-state index contributed by atoms with van der Waals surface area (Å²) in [6.45, 7) is 3.71. The minimum Gasteiger partial charge on any atom is -0.491 e. The smallest absolute Gasteiger partial charge is 0.222 e. The Kier molecular flexibility index (Phi) is 4.15. The van der Waals surface area contributed by atoms with Crippen molar-refractivity contribution >= 4 is 5.91 Å². The highest BCUT2D eigenvalue weighted by Crippen LogP contribution is 2.19. The molecule has 18 heavy (non-hydrogen) atoms. The van der Waals surface area contributed by atoms with E-state index < -0.39 is 0 Å². The molecule has 1 aliphatic heterocycles. The lowest BCUT2D eigenvalue weighted by Crippen LogP contribution is -2.29. The largest absolute Gasteiger partial charge is 0.491 e. The number of aliphatic hydroxyl groups is 1. The molecule has 1 aromatic heterocycles. The van der Waals surface area contributed by atoms with Gasteiger partial charge in [-0.1, -0.05) is 0 Å². The van der Waals surface area contributed by atoms with Gasteiger partial charge in [0.2, 0.25) is 5.91 Å². The van der Waals surface area contributed by atoms with Crippen molar-refractivity contribution in [2.75, 3.05) is 19.7 Å². The number of amides is 1. The lowest BCUT2D eigenvalue weighted by Gasteiger charge is -2.17. The number of hydrogen-bond acceptors (Lipinski definition) is 4. The third-order valence-electron chi connectivity index (χ3n) is 3.20. The van der Waals surface area contributed by atoms with E-state index in [-0.39, 0.29) is 12.5 Å². The van der Waals surface area contributed by atoms with E-state index in [1.54, 1.807) is 12.3 Å². The van der Waals surface area contributed by atoms with E-state index in [2.05, 4.69) is 4.98 Å². The van der Waals surface area contributed by atoms with Crippen LogP contribution in [0.1, 0.15) is 24.1 Å². The average molecular weight is 250 g/mol. The summed E-state index contributed by atoms with van der Waals surface area (Å²) in [6, 6.07) is 1.78. The molecular formula is C13H18N2O3. The fraction of sp³-hybridized carbons (Fsp3) is 0.538. The van der Waals surface area contributed by atoms with Gasteiger partial charge in [-0.05, 0) is 19.4 Å². The van der Waals surface area contributed by atoms with Crippen molar-refractivity contribution in [3.05, 3.63) is 23.5 Å². The van der Waals surface area contributed by atoms with Crippen LogP contribution in [0.3, 0.4) is 0 Å². The van der Waals surface area contributed by atoms with Crippen LogP contribution in [0.4, 0.5) is 0 Å². The molecule has 0 aliphatic carbocycles. The van der Waals surface area contributed by atoms with Gasteiger partial charge in [0.05, 0.1) is 18.8 Å². The molecule has 0 radical (unpaired) electrons. The summed E-state index contributed by atoms with van der Waals surface area (Å²) in [5.74, 6) is 0.932. The first kappa shape index (κ1) is 12.8. The van der Waals surface area contributed by atoms with Crippen molar-refractivity contribution in [3.8, 4) is 5.75 Å². The van der Waals surface area contributed by atoms with Crippen LogP contribution in [0.15, 0.2) is 12.3 Å². The molecule has 0 unspecified atom stereocenters. The Morgan fingerprint density at radius 2 is 2.39 bits per heavy atom. The van der Waals surface area contributed by atoms with E-state index in [4.69, 9.17) is 9.84 Å². The number of aliphatic hydroxyl groups excluding tert-OH is 1. The van der Waals surface area contributed by atoms with E-state index in [0.29, 0.717) is 25.3 Å². The summed E-state index contributed by atoms with van der Waals surface area (Å²) >= 11 is 0. The zero-order chi connectivity index (χ0) is 13.0. The number of aromatic nitrogens is 1. The van der Waals surface area contributed by atoms with Gasteiger partial charge in [0.15, 0.2) is 0 Å². The minimum atomic E-state index is -0.0896. The second-order valence-electron chi connectivity index (χ2n) is 4.37. The van der Waals surface area contributed by atoms with E-state index in [1.807, 2.05) is 11.8 Å². The highest BCUT2D eigenvalue weighted by Gasteiger charge is 2.19. The van der Waals surface area contributed by atoms with Gasteiger partial charge >= 0.3 is 0 Å². The summed E-state index contributed by atoms with van der Waals surface area (Å²) < 4.78 is 5.64. The Labute approximate surface area is 106 Å². The summed E-state index contributed by atoms with van der Waals surface area (Å²) in [4.78, 5) is 17.3. The van der Waals surface area contributed by atoms with Gasteiger partial charge in [-0.25, -0.2) is 0 Å². The van der Waals surface area contributed by atoms with E-state index in [9.17, 15) is 4.79 Å². The lowest BCUT2D eigenvalue weighted by molar-refractivity contribution is -0.128. The molecule has 2 heterocycles. The summed E-state index contributed by atoms with van der Waals surface area (Å²) in [6.07, 6.45) is 3.22. The molecule has 1 fully saturated rings. The van der Waals surface area contributed by atoms with Crippen LogP contribution in [-0.4, -0.2) is 40.6 Å². The number of pyridine rings is 1. The van der Waals surface area contributed by atoms with Gasteiger partial charge in [0, 0.05) is 24.7 Å². The number of carbonyl (C=O) groups is 1. The molecule has 1 N–H and O–H groups in total. The molecule has 0 saturated carbocycles. The molecule has 5 heteroatoms. The standard InChI is InChI=1S/C13H18N2O3/c1-10-11(9-16)14-5-4-12(10)18-8-7-15-6-2-3-13(15)17/h4-5,16H,2-3,6-9H2,1H3. The summed E-state index contributed by atoms with van der Waals surface area (Å²) in [7, 11) is 0. The van der Waals surface area contributed by atoms with Crippen molar-refractivity contribution in [1.29, 1.82) is 0 Å². The second kappa shape index (κ2) is 5.82. The number of carbonyl (C=O) groups excluding carboxylic acids is 1. The zero-order valence-corrected chi connectivity index (χ0v) is 10.6. The maximum Gasteiger partial charge on any atom is 0.222 e. The number of ether oxygens (including phenoxy) is 1. The van der Waals surface area contributed by atoms with Gasteiger partial charge < -0.3 is 14.7 Å². The molecule has 1 saturated heterocycles. The predicted molar refractivity (Wildman–Crippen MR) is 66.2 cm³/mol. The van der Waals surface area contributed by atoms with Crippen molar-refractivity contribution in [1.82, 2.24) is 9.88 Å². The van der Waals surface area contributed by atoms with Gasteiger partial charge in [-0.3, -0.25) is 9.78 Å². The molecular weight excluding hydrogens is 232 g/mol. The van der Waals surface area contributed by atoms with E-state index in [1.165, 1.54) is 0 Å². The summed E-state index contributed by atoms with van der Waals surface area (Å²) in [5.41, 5.74) is 1.48. The minimum absolute atomic E-state index is 0.0896. The van der Waals surface area contributed by atoms with Crippen LogP contribution >= 0.6 is 0 Å². The number of hydrogen-bond donors (Lipinski definition) is 1. The molecule has 1 amide bonds. The molecule has 0 bridgehead atoms. The average Bonchev–Trinajstić information content (AvgIpc) is 2.77. The lowest BCUT2D eigenvalue weighted by atomic mass is 10.2. The molecule has 5 nitrogen and oxygen atoms in total. The quantitative estimate of drug-likeness (QED) is 0.842.